The van der Waals surface area contributed by atoms with Crippen molar-refractivity contribution in [3.8, 4) is 0 Å². The molecule has 0 aliphatic heterocycles. The van der Waals surface area contributed by atoms with Crippen LogP contribution in [0.2, 0.25) is 0 Å². The predicted octanol–water partition coefficient (Wildman–Crippen LogP) is 3.94. The zero-order valence-corrected chi connectivity index (χ0v) is 11.0. The van der Waals surface area contributed by atoms with Gasteiger partial charge in [-0.25, -0.2) is 9.18 Å². The molecule has 0 saturated carbocycles. The van der Waals surface area contributed by atoms with E-state index in [1.165, 1.54) is 0 Å². The second-order valence-electron chi connectivity index (χ2n) is 4.45. The van der Waals surface area contributed by atoms with E-state index in [1.54, 1.807) is 0 Å². The van der Waals surface area contributed by atoms with Gasteiger partial charge in [-0.3, -0.25) is 5.32 Å². The minimum atomic E-state index is -5.76. The van der Waals surface area contributed by atoms with E-state index in [4.69, 9.17) is 0 Å². The van der Waals surface area contributed by atoms with E-state index in [9.17, 15) is 35.5 Å². The molecule has 0 aliphatic carbocycles. The van der Waals surface area contributed by atoms with E-state index in [-0.39, 0.29) is 12.5 Å². The molecule has 0 atom stereocenters. The third kappa shape index (κ3) is 4.01. The molecular weight excluding hydrogens is 323 g/mol. The van der Waals surface area contributed by atoms with Gasteiger partial charge >= 0.3 is 18.4 Å². The number of benzene rings is 1. The molecule has 1 aromatic carbocycles. The first kappa shape index (κ1) is 18.1. The van der Waals surface area contributed by atoms with Crippen molar-refractivity contribution in [3.63, 3.8) is 0 Å². The predicted molar refractivity (Wildman–Crippen MR) is 60.2 cm³/mol. The molecule has 1 N–H and O–H groups in total. The Hall–Kier alpha value is -2.00. The number of hydrogen-bond acceptors (Lipinski definition) is 2. The highest BCUT2D eigenvalue weighted by molar-refractivity contribution is 5.68. The number of amides is 1. The highest BCUT2D eigenvalue weighted by Gasteiger charge is 2.69. The van der Waals surface area contributed by atoms with Crippen LogP contribution in [-0.2, 0) is 11.3 Å². The van der Waals surface area contributed by atoms with E-state index in [0.29, 0.717) is 0 Å². The molecule has 0 fully saturated rings. The normalized spacial score (nSPS) is 12.9. The van der Waals surface area contributed by atoms with Gasteiger partial charge in [0.2, 0.25) is 5.54 Å². The van der Waals surface area contributed by atoms with Gasteiger partial charge in [0.05, 0.1) is 0 Å². The Morgan fingerprint density at radius 3 is 1.91 bits per heavy atom. The number of nitrogens with one attached hydrogen (secondary N) is 1. The maximum absolute atomic E-state index is 12.6. The number of rotatable bonds is 3. The molecule has 0 unspecified atom stereocenters. The summed E-state index contributed by atoms with van der Waals surface area (Å²) < 4.78 is 92.1. The monoisotopic (exact) mass is 333 g/mol. The van der Waals surface area contributed by atoms with Crippen LogP contribution in [0.5, 0.6) is 0 Å². The molecule has 3 nitrogen and oxygen atoms in total. The minimum absolute atomic E-state index is 0.192. The third-order valence-corrected chi connectivity index (χ3v) is 2.77. The van der Waals surface area contributed by atoms with Crippen LogP contribution in [0.25, 0.3) is 0 Å². The SMILES string of the molecule is CC(NC(=O)OCc1ccc(F)cc1)(C(F)(F)F)C(F)(F)F. The molecule has 10 heteroatoms. The van der Waals surface area contributed by atoms with Gasteiger partial charge in [0, 0.05) is 0 Å². The molecule has 0 spiro atoms. The van der Waals surface area contributed by atoms with Crippen molar-refractivity contribution in [2.24, 2.45) is 0 Å². The van der Waals surface area contributed by atoms with Gasteiger partial charge in [0.1, 0.15) is 12.4 Å². The summed E-state index contributed by atoms with van der Waals surface area (Å²) in [4.78, 5) is 11.2. The fourth-order valence-corrected chi connectivity index (χ4v) is 1.27. The molecule has 1 aromatic rings. The van der Waals surface area contributed by atoms with Gasteiger partial charge in [-0.15, -0.1) is 0 Å². The zero-order chi connectivity index (χ0) is 17.2. The van der Waals surface area contributed by atoms with Gasteiger partial charge in [0.15, 0.2) is 0 Å². The summed E-state index contributed by atoms with van der Waals surface area (Å²) in [6.45, 7) is -0.829. The maximum Gasteiger partial charge on any atom is 0.420 e. The number of carbonyl (C=O) groups is 1. The van der Waals surface area contributed by atoms with Crippen molar-refractivity contribution in [1.29, 1.82) is 0 Å². The fourth-order valence-electron chi connectivity index (χ4n) is 1.27. The van der Waals surface area contributed by atoms with E-state index in [0.717, 1.165) is 29.6 Å². The zero-order valence-electron chi connectivity index (χ0n) is 11.0. The van der Waals surface area contributed by atoms with Crippen molar-refractivity contribution in [2.45, 2.75) is 31.4 Å². The highest BCUT2D eigenvalue weighted by Crippen LogP contribution is 2.42. The lowest BCUT2D eigenvalue weighted by Gasteiger charge is -2.34. The Morgan fingerprint density at radius 1 is 1.05 bits per heavy atom. The van der Waals surface area contributed by atoms with Crippen LogP contribution in [0.15, 0.2) is 24.3 Å². The van der Waals surface area contributed by atoms with Gasteiger partial charge in [-0.2, -0.15) is 26.3 Å². The first-order valence-corrected chi connectivity index (χ1v) is 5.69. The third-order valence-electron chi connectivity index (χ3n) is 2.77. The van der Waals surface area contributed by atoms with Crippen LogP contribution in [0, 0.1) is 5.82 Å². The standard InChI is InChI=1S/C12H10F7NO2/c1-10(11(14,15)16,12(17,18)19)20-9(21)22-6-7-2-4-8(13)5-3-7/h2-5H,6H2,1H3,(H,20,21). The average molecular weight is 333 g/mol. The van der Waals surface area contributed by atoms with E-state index >= 15 is 0 Å². The maximum atomic E-state index is 12.6. The number of halogens is 7. The Balaban J connectivity index is 2.75. The van der Waals surface area contributed by atoms with Crippen molar-refractivity contribution in [3.05, 3.63) is 35.6 Å². The summed E-state index contributed by atoms with van der Waals surface area (Å²) in [5, 5.41) is 0.770. The van der Waals surface area contributed by atoms with E-state index in [2.05, 4.69) is 4.74 Å². The minimum Gasteiger partial charge on any atom is -0.445 e. The lowest BCUT2D eigenvalue weighted by Crippen LogP contribution is -2.65. The Bertz CT molecular complexity index is 508. The fraction of sp³-hybridized carbons (Fsp3) is 0.417. The molecule has 0 bridgehead atoms. The van der Waals surface area contributed by atoms with Crippen LogP contribution in [0.4, 0.5) is 35.5 Å². The van der Waals surface area contributed by atoms with Crippen molar-refractivity contribution >= 4 is 6.09 Å². The van der Waals surface area contributed by atoms with Crippen molar-refractivity contribution in [2.75, 3.05) is 0 Å². The molecule has 0 radical (unpaired) electrons. The Kier molecular flexibility index (Phi) is 4.93. The van der Waals surface area contributed by atoms with Crippen LogP contribution in [0.3, 0.4) is 0 Å². The Labute approximate surface area is 120 Å². The van der Waals surface area contributed by atoms with Gasteiger partial charge in [0.25, 0.3) is 0 Å². The number of carbonyl (C=O) groups excluding carboxylic acids is 1. The molecule has 0 aliphatic rings. The van der Waals surface area contributed by atoms with Crippen molar-refractivity contribution < 1.29 is 40.3 Å². The first-order valence-electron chi connectivity index (χ1n) is 5.69. The number of alkyl halides is 6. The summed E-state index contributed by atoms with van der Waals surface area (Å²) in [7, 11) is 0. The summed E-state index contributed by atoms with van der Waals surface area (Å²) in [5.41, 5.74) is -4.25. The molecule has 0 aromatic heterocycles. The first-order chi connectivity index (χ1) is 9.87. The van der Waals surface area contributed by atoms with E-state index in [1.807, 2.05) is 0 Å². The lowest BCUT2D eigenvalue weighted by molar-refractivity contribution is -0.298. The molecular formula is C12H10F7NO2. The number of hydrogen-bond donors (Lipinski definition) is 1. The largest absolute Gasteiger partial charge is 0.445 e. The van der Waals surface area contributed by atoms with Gasteiger partial charge in [-0.05, 0) is 24.6 Å². The number of alkyl carbamates (subject to hydrolysis) is 1. The number of ether oxygens (including phenoxy) is 1. The summed E-state index contributed by atoms with van der Waals surface area (Å²) in [6.07, 6.45) is -13.4. The summed E-state index contributed by atoms with van der Waals surface area (Å²) in [6, 6.07) is 4.31. The quantitative estimate of drug-likeness (QED) is 0.851. The lowest BCUT2D eigenvalue weighted by atomic mass is 10.0. The van der Waals surface area contributed by atoms with Crippen molar-refractivity contribution in [1.82, 2.24) is 5.32 Å². The van der Waals surface area contributed by atoms with Gasteiger partial charge < -0.3 is 4.74 Å². The highest BCUT2D eigenvalue weighted by atomic mass is 19.4. The molecule has 1 amide bonds. The topological polar surface area (TPSA) is 38.3 Å². The van der Waals surface area contributed by atoms with Crippen LogP contribution in [0.1, 0.15) is 12.5 Å². The summed E-state index contributed by atoms with van der Waals surface area (Å²) in [5.74, 6) is -0.602. The average Bonchev–Trinajstić information content (AvgIpc) is 2.35. The second kappa shape index (κ2) is 6.01. The van der Waals surface area contributed by atoms with Crippen LogP contribution < -0.4 is 5.32 Å². The molecule has 0 heterocycles. The summed E-state index contributed by atoms with van der Waals surface area (Å²) >= 11 is 0. The molecule has 1 rings (SSSR count). The molecule has 0 saturated heterocycles. The molecule has 124 valence electrons. The van der Waals surface area contributed by atoms with E-state index < -0.39 is 36.4 Å². The smallest absolute Gasteiger partial charge is 0.420 e. The molecule has 22 heavy (non-hydrogen) atoms. The van der Waals surface area contributed by atoms with Crippen LogP contribution in [-0.4, -0.2) is 24.0 Å². The Morgan fingerprint density at radius 2 is 1.50 bits per heavy atom. The van der Waals surface area contributed by atoms with Gasteiger partial charge in [-0.1, -0.05) is 12.1 Å². The second-order valence-corrected chi connectivity index (χ2v) is 4.45. The van der Waals surface area contributed by atoms with Crippen LogP contribution >= 0.6 is 0 Å².